The molecule has 0 amide bonds. The molecule has 3 heterocycles. The summed E-state index contributed by atoms with van der Waals surface area (Å²) in [5, 5.41) is 8.28. The average molecular weight is 304 g/mol. The molecular weight excluding hydrogens is 284 g/mol. The SMILES string of the molecule is COc1cnc(OC2CCN(Cc3nnc(C)n3C)C2)nc1. The van der Waals surface area contributed by atoms with E-state index < -0.39 is 0 Å². The minimum absolute atomic E-state index is 0.0997. The van der Waals surface area contributed by atoms with Crippen molar-refractivity contribution in [2.75, 3.05) is 20.2 Å². The molecule has 1 fully saturated rings. The van der Waals surface area contributed by atoms with Crippen LogP contribution < -0.4 is 9.47 Å². The van der Waals surface area contributed by atoms with Gasteiger partial charge in [-0.3, -0.25) is 4.90 Å². The number of methoxy groups -OCH3 is 1. The van der Waals surface area contributed by atoms with E-state index in [9.17, 15) is 0 Å². The van der Waals surface area contributed by atoms with Crippen molar-refractivity contribution in [1.29, 1.82) is 0 Å². The molecule has 1 unspecified atom stereocenters. The highest BCUT2D eigenvalue weighted by atomic mass is 16.5. The zero-order valence-corrected chi connectivity index (χ0v) is 13.1. The molecule has 118 valence electrons. The normalized spacial score (nSPS) is 18.6. The van der Waals surface area contributed by atoms with Crippen molar-refractivity contribution < 1.29 is 9.47 Å². The number of aromatic nitrogens is 5. The van der Waals surface area contributed by atoms with Crippen LogP contribution in [0.25, 0.3) is 0 Å². The maximum atomic E-state index is 5.82. The molecule has 0 radical (unpaired) electrons. The van der Waals surface area contributed by atoms with Gasteiger partial charge in [-0.1, -0.05) is 0 Å². The Morgan fingerprint density at radius 3 is 2.68 bits per heavy atom. The van der Waals surface area contributed by atoms with Gasteiger partial charge in [-0.15, -0.1) is 10.2 Å². The quantitative estimate of drug-likeness (QED) is 0.799. The Hall–Kier alpha value is -2.22. The van der Waals surface area contributed by atoms with E-state index in [2.05, 4.69) is 25.1 Å². The van der Waals surface area contributed by atoms with Crippen LogP contribution in [0.1, 0.15) is 18.1 Å². The molecule has 1 aliphatic rings. The van der Waals surface area contributed by atoms with Crippen LogP contribution >= 0.6 is 0 Å². The summed E-state index contributed by atoms with van der Waals surface area (Å²) in [6.45, 7) is 4.53. The van der Waals surface area contributed by atoms with Crippen LogP contribution in [-0.2, 0) is 13.6 Å². The molecule has 1 atom stereocenters. The van der Waals surface area contributed by atoms with E-state index in [4.69, 9.17) is 9.47 Å². The fraction of sp³-hybridized carbons (Fsp3) is 0.571. The van der Waals surface area contributed by atoms with Gasteiger partial charge in [-0.2, -0.15) is 9.97 Å². The van der Waals surface area contributed by atoms with Crippen LogP contribution in [0, 0.1) is 6.92 Å². The second-order valence-electron chi connectivity index (χ2n) is 5.39. The number of aryl methyl sites for hydroxylation is 1. The molecule has 8 heteroatoms. The first kappa shape index (κ1) is 14.7. The third kappa shape index (κ3) is 3.16. The van der Waals surface area contributed by atoms with Gasteiger partial charge in [0.2, 0.25) is 0 Å². The minimum Gasteiger partial charge on any atom is -0.494 e. The molecule has 0 aliphatic carbocycles. The van der Waals surface area contributed by atoms with Crippen LogP contribution in [0.15, 0.2) is 12.4 Å². The fourth-order valence-corrected chi connectivity index (χ4v) is 2.45. The number of hydrogen-bond acceptors (Lipinski definition) is 7. The van der Waals surface area contributed by atoms with Gasteiger partial charge in [-0.05, 0) is 13.3 Å². The van der Waals surface area contributed by atoms with Crippen molar-refractivity contribution in [2.24, 2.45) is 7.05 Å². The lowest BCUT2D eigenvalue weighted by Gasteiger charge is -2.15. The Kier molecular flexibility index (Phi) is 4.19. The Morgan fingerprint density at radius 1 is 1.27 bits per heavy atom. The average Bonchev–Trinajstić information content (AvgIpc) is 3.10. The maximum Gasteiger partial charge on any atom is 0.316 e. The molecule has 1 aliphatic heterocycles. The number of ether oxygens (including phenoxy) is 2. The van der Waals surface area contributed by atoms with E-state index >= 15 is 0 Å². The molecule has 1 saturated heterocycles. The van der Waals surface area contributed by atoms with Crippen LogP contribution in [0.4, 0.5) is 0 Å². The monoisotopic (exact) mass is 304 g/mol. The number of rotatable bonds is 5. The molecular formula is C14H20N6O2. The Morgan fingerprint density at radius 2 is 2.05 bits per heavy atom. The van der Waals surface area contributed by atoms with Crippen molar-refractivity contribution in [3.05, 3.63) is 24.0 Å². The Labute approximate surface area is 129 Å². The van der Waals surface area contributed by atoms with Crippen molar-refractivity contribution in [3.8, 4) is 11.8 Å². The van der Waals surface area contributed by atoms with Gasteiger partial charge >= 0.3 is 6.01 Å². The van der Waals surface area contributed by atoms with Crippen molar-refractivity contribution in [3.63, 3.8) is 0 Å². The van der Waals surface area contributed by atoms with E-state index in [1.165, 1.54) is 0 Å². The van der Waals surface area contributed by atoms with Crippen LogP contribution in [0.5, 0.6) is 11.8 Å². The molecule has 0 saturated carbocycles. The third-order valence-corrected chi connectivity index (χ3v) is 3.89. The molecule has 0 bridgehead atoms. The number of nitrogens with zero attached hydrogens (tertiary/aromatic N) is 6. The standard InChI is InChI=1S/C14H20N6O2/c1-10-17-18-13(19(10)2)9-20-5-4-11(8-20)22-14-15-6-12(21-3)7-16-14/h6-7,11H,4-5,8-9H2,1-3H3. The molecule has 8 nitrogen and oxygen atoms in total. The first-order chi connectivity index (χ1) is 10.7. The van der Waals surface area contributed by atoms with Gasteiger partial charge in [0.25, 0.3) is 0 Å². The summed E-state index contributed by atoms with van der Waals surface area (Å²) in [5.74, 6) is 2.52. The van der Waals surface area contributed by atoms with E-state index in [0.29, 0.717) is 11.8 Å². The summed E-state index contributed by atoms with van der Waals surface area (Å²) >= 11 is 0. The highest BCUT2D eigenvalue weighted by molar-refractivity contribution is 5.13. The number of hydrogen-bond donors (Lipinski definition) is 0. The van der Waals surface area contributed by atoms with Gasteiger partial charge in [0, 0.05) is 20.1 Å². The summed E-state index contributed by atoms with van der Waals surface area (Å²) in [6.07, 6.45) is 4.27. The first-order valence-corrected chi connectivity index (χ1v) is 7.25. The molecule has 2 aromatic heterocycles. The maximum absolute atomic E-state index is 5.82. The molecule has 2 aromatic rings. The fourth-order valence-electron chi connectivity index (χ4n) is 2.45. The van der Waals surface area contributed by atoms with E-state index in [0.717, 1.165) is 37.7 Å². The van der Waals surface area contributed by atoms with E-state index in [1.54, 1.807) is 19.5 Å². The van der Waals surface area contributed by atoms with E-state index in [-0.39, 0.29) is 6.10 Å². The predicted octanol–water partition coefficient (Wildman–Crippen LogP) is 0.575. The molecule has 0 aromatic carbocycles. The second kappa shape index (κ2) is 6.27. The zero-order chi connectivity index (χ0) is 15.5. The van der Waals surface area contributed by atoms with Crippen LogP contribution in [-0.4, -0.2) is 55.9 Å². The lowest BCUT2D eigenvalue weighted by atomic mass is 10.3. The van der Waals surface area contributed by atoms with Crippen molar-refractivity contribution in [1.82, 2.24) is 29.6 Å². The first-order valence-electron chi connectivity index (χ1n) is 7.25. The zero-order valence-electron chi connectivity index (χ0n) is 13.1. The molecule has 0 spiro atoms. The minimum atomic E-state index is 0.0997. The highest BCUT2D eigenvalue weighted by Gasteiger charge is 2.26. The summed E-state index contributed by atoms with van der Waals surface area (Å²) in [5.41, 5.74) is 0. The van der Waals surface area contributed by atoms with E-state index in [1.807, 2.05) is 18.5 Å². The third-order valence-electron chi connectivity index (χ3n) is 3.89. The molecule has 3 rings (SSSR count). The van der Waals surface area contributed by atoms with Gasteiger partial charge in [0.1, 0.15) is 17.8 Å². The lowest BCUT2D eigenvalue weighted by molar-refractivity contribution is 0.181. The van der Waals surface area contributed by atoms with Crippen molar-refractivity contribution >= 4 is 0 Å². The van der Waals surface area contributed by atoms with Crippen LogP contribution in [0.2, 0.25) is 0 Å². The van der Waals surface area contributed by atoms with Gasteiger partial charge < -0.3 is 14.0 Å². The number of likely N-dealkylation sites (tertiary alicyclic amines) is 1. The lowest BCUT2D eigenvalue weighted by Crippen LogP contribution is -2.26. The molecule has 22 heavy (non-hydrogen) atoms. The van der Waals surface area contributed by atoms with Gasteiger partial charge in [0.05, 0.1) is 26.0 Å². The molecule has 0 N–H and O–H groups in total. The summed E-state index contributed by atoms with van der Waals surface area (Å²) in [4.78, 5) is 10.6. The van der Waals surface area contributed by atoms with Gasteiger partial charge in [0.15, 0.2) is 5.75 Å². The Bertz CT molecular complexity index is 627. The van der Waals surface area contributed by atoms with Crippen LogP contribution in [0.3, 0.4) is 0 Å². The topological polar surface area (TPSA) is 78.2 Å². The van der Waals surface area contributed by atoms with Gasteiger partial charge in [-0.25, -0.2) is 0 Å². The summed E-state index contributed by atoms with van der Waals surface area (Å²) < 4.78 is 12.9. The summed E-state index contributed by atoms with van der Waals surface area (Å²) in [7, 11) is 3.57. The largest absolute Gasteiger partial charge is 0.494 e. The summed E-state index contributed by atoms with van der Waals surface area (Å²) in [6, 6.07) is 0.391. The highest BCUT2D eigenvalue weighted by Crippen LogP contribution is 2.18. The predicted molar refractivity (Wildman–Crippen MR) is 78.6 cm³/mol. The second-order valence-corrected chi connectivity index (χ2v) is 5.39. The Balaban J connectivity index is 1.54. The smallest absolute Gasteiger partial charge is 0.316 e. The van der Waals surface area contributed by atoms with Crippen molar-refractivity contribution in [2.45, 2.75) is 26.0 Å².